The molecule has 3 aromatic carbocycles. The van der Waals surface area contributed by atoms with Crippen molar-refractivity contribution >= 4 is 27.5 Å². The van der Waals surface area contributed by atoms with Gasteiger partial charge in [-0.2, -0.15) is 0 Å². The van der Waals surface area contributed by atoms with E-state index in [-0.39, 0.29) is 47.2 Å². The van der Waals surface area contributed by atoms with E-state index in [9.17, 15) is 23.1 Å². The van der Waals surface area contributed by atoms with E-state index in [0.717, 1.165) is 18.4 Å². The summed E-state index contributed by atoms with van der Waals surface area (Å²) < 4.78 is 41.6. The lowest BCUT2D eigenvalue weighted by molar-refractivity contribution is -0.0149. The number of carbonyl (C=O) groups is 2. The fourth-order valence-corrected chi connectivity index (χ4v) is 6.58. The lowest BCUT2D eigenvalue weighted by atomic mass is 10.0. The van der Waals surface area contributed by atoms with Crippen molar-refractivity contribution in [3.63, 3.8) is 0 Å². The lowest BCUT2D eigenvalue weighted by Crippen LogP contribution is -2.48. The Bertz CT molecular complexity index is 1600. The van der Waals surface area contributed by atoms with Crippen LogP contribution in [-0.4, -0.2) is 86.7 Å². The second kappa shape index (κ2) is 16.3. The number of aliphatic hydroxyl groups excluding tert-OH is 1. The summed E-state index contributed by atoms with van der Waals surface area (Å²) >= 11 is 0. The molecule has 254 valence electrons. The average Bonchev–Trinajstić information content (AvgIpc) is 3.06. The number of nitrogens with zero attached hydrogens (tertiary/aromatic N) is 2. The fraction of sp³-hybridized carbons (Fsp3) is 0.444. The van der Waals surface area contributed by atoms with Crippen molar-refractivity contribution in [1.82, 2.24) is 9.80 Å². The minimum absolute atomic E-state index is 0.102. The van der Waals surface area contributed by atoms with Gasteiger partial charge in [0.05, 0.1) is 35.3 Å². The highest BCUT2D eigenvalue weighted by Crippen LogP contribution is 2.29. The van der Waals surface area contributed by atoms with Crippen LogP contribution in [0.15, 0.2) is 77.7 Å². The third-order valence-electron chi connectivity index (χ3n) is 8.46. The predicted molar refractivity (Wildman–Crippen MR) is 182 cm³/mol. The van der Waals surface area contributed by atoms with Crippen LogP contribution in [0.4, 0.5) is 5.69 Å². The Kier molecular flexibility index (Phi) is 12.4. The van der Waals surface area contributed by atoms with E-state index < -0.39 is 28.1 Å². The summed E-state index contributed by atoms with van der Waals surface area (Å²) in [5.74, 6) is -0.436. The van der Waals surface area contributed by atoms with E-state index in [1.807, 2.05) is 39.0 Å². The van der Waals surface area contributed by atoms with Gasteiger partial charge < -0.3 is 24.4 Å². The van der Waals surface area contributed by atoms with Crippen LogP contribution < -0.4 is 9.46 Å². The number of aryl methyl sites for hydroxylation is 1. The molecule has 0 unspecified atom stereocenters. The minimum Gasteiger partial charge on any atom is -0.490 e. The highest BCUT2D eigenvalue weighted by molar-refractivity contribution is 7.92. The molecule has 0 radical (unpaired) electrons. The van der Waals surface area contributed by atoms with Crippen LogP contribution in [0.5, 0.6) is 5.75 Å². The molecule has 0 aliphatic carbocycles. The molecule has 10 nitrogen and oxygen atoms in total. The van der Waals surface area contributed by atoms with Gasteiger partial charge in [0, 0.05) is 43.9 Å². The molecule has 0 spiro atoms. The normalized spacial score (nSPS) is 20.3. The van der Waals surface area contributed by atoms with Crippen LogP contribution in [0.25, 0.3) is 0 Å². The molecule has 0 aromatic heterocycles. The number of sulfonamides is 1. The summed E-state index contributed by atoms with van der Waals surface area (Å²) in [4.78, 5) is 30.8. The van der Waals surface area contributed by atoms with Crippen LogP contribution in [0.2, 0.25) is 0 Å². The Morgan fingerprint density at radius 2 is 1.77 bits per heavy atom. The number of anilines is 1. The summed E-state index contributed by atoms with van der Waals surface area (Å²) in [7, 11) is -2.19. The molecule has 0 bridgehead atoms. The summed E-state index contributed by atoms with van der Waals surface area (Å²) in [6.45, 7) is 8.25. The molecule has 1 aliphatic rings. The SMILES string of the molecule is Cc1ccc(S(=O)(=O)Nc2ccc3c(c2)C(=O)N([C@H](C)CO)C[C@H](C)[C@@H](CN(C)C(=O)c2ccccc2)OCCCC[C@H](C)O3)cc1. The van der Waals surface area contributed by atoms with E-state index >= 15 is 0 Å². The van der Waals surface area contributed by atoms with Crippen LogP contribution in [0.3, 0.4) is 0 Å². The Morgan fingerprint density at radius 3 is 2.45 bits per heavy atom. The van der Waals surface area contributed by atoms with Gasteiger partial charge in [0.2, 0.25) is 0 Å². The number of hydrogen-bond acceptors (Lipinski definition) is 7. The maximum Gasteiger partial charge on any atom is 0.261 e. The van der Waals surface area contributed by atoms with Gasteiger partial charge in [0.15, 0.2) is 0 Å². The molecule has 0 fully saturated rings. The largest absolute Gasteiger partial charge is 0.490 e. The topological polar surface area (TPSA) is 125 Å². The number of amides is 2. The Morgan fingerprint density at radius 1 is 1.06 bits per heavy atom. The van der Waals surface area contributed by atoms with Crippen LogP contribution >= 0.6 is 0 Å². The molecule has 11 heteroatoms. The molecule has 1 heterocycles. The fourth-order valence-electron chi connectivity index (χ4n) is 5.53. The number of likely N-dealkylation sites (N-methyl/N-ethyl adjacent to an activating group) is 1. The molecule has 2 N–H and O–H groups in total. The number of carbonyl (C=O) groups excluding carboxylic acids is 2. The second-order valence-corrected chi connectivity index (χ2v) is 14.2. The molecule has 4 rings (SSSR count). The highest BCUT2D eigenvalue weighted by Gasteiger charge is 2.31. The summed E-state index contributed by atoms with van der Waals surface area (Å²) in [5, 5.41) is 10.2. The number of hydrogen-bond donors (Lipinski definition) is 2. The predicted octanol–water partition coefficient (Wildman–Crippen LogP) is 5.36. The quantitative estimate of drug-likeness (QED) is 0.332. The summed E-state index contributed by atoms with van der Waals surface area (Å²) in [6.07, 6.45) is 1.70. The molecule has 4 atom stereocenters. The first-order valence-corrected chi connectivity index (χ1v) is 17.6. The monoisotopic (exact) mass is 665 g/mol. The zero-order valence-corrected chi connectivity index (χ0v) is 28.7. The lowest BCUT2D eigenvalue weighted by Gasteiger charge is -2.36. The van der Waals surface area contributed by atoms with Crippen molar-refractivity contribution in [1.29, 1.82) is 0 Å². The zero-order valence-electron chi connectivity index (χ0n) is 27.9. The van der Waals surface area contributed by atoms with E-state index in [1.165, 1.54) is 18.2 Å². The maximum atomic E-state index is 14.4. The highest BCUT2D eigenvalue weighted by atomic mass is 32.2. The number of ether oxygens (including phenoxy) is 2. The third-order valence-corrected chi connectivity index (χ3v) is 9.85. The molecule has 0 saturated heterocycles. The van der Waals surface area contributed by atoms with Gasteiger partial charge in [0.1, 0.15) is 5.75 Å². The van der Waals surface area contributed by atoms with Crippen molar-refractivity contribution in [3.05, 3.63) is 89.5 Å². The van der Waals surface area contributed by atoms with Crippen molar-refractivity contribution in [3.8, 4) is 5.75 Å². The van der Waals surface area contributed by atoms with Gasteiger partial charge in [-0.05, 0) is 82.5 Å². The maximum absolute atomic E-state index is 14.4. The Hall–Kier alpha value is -3.93. The van der Waals surface area contributed by atoms with E-state index in [4.69, 9.17) is 9.47 Å². The van der Waals surface area contributed by atoms with Gasteiger partial charge in [-0.1, -0.05) is 42.8 Å². The number of benzene rings is 3. The molecule has 0 saturated carbocycles. The minimum atomic E-state index is -3.93. The van der Waals surface area contributed by atoms with Crippen molar-refractivity contribution in [2.45, 2.75) is 70.1 Å². The standard InChI is InChI=1S/C36H47N3O7S/c1-25-14-17-31(18-15-25)47(43,44)37-30-16-19-33-32(21-30)36(42)39(27(3)24-40)22-26(2)34(45-20-10-9-11-28(4)46-33)23-38(5)35(41)29-12-7-6-8-13-29/h6-8,12-19,21,26-28,34,37,40H,9-11,20,22-24H2,1-5H3/t26-,27+,28-,34+/m0/s1. The molecule has 2 amide bonds. The summed E-state index contributed by atoms with van der Waals surface area (Å²) in [6, 6.07) is 19.7. The number of aliphatic hydroxyl groups is 1. The van der Waals surface area contributed by atoms with Gasteiger partial charge >= 0.3 is 0 Å². The first kappa shape index (κ1) is 35.9. The number of fused-ring (bicyclic) bond motifs is 1. The van der Waals surface area contributed by atoms with Crippen molar-refractivity contribution in [2.75, 3.05) is 38.1 Å². The molecular formula is C36H47N3O7S. The van der Waals surface area contributed by atoms with Crippen LogP contribution in [0, 0.1) is 12.8 Å². The molecule has 47 heavy (non-hydrogen) atoms. The van der Waals surface area contributed by atoms with Crippen LogP contribution in [-0.2, 0) is 14.8 Å². The van der Waals surface area contributed by atoms with Gasteiger partial charge in [0.25, 0.3) is 21.8 Å². The smallest absolute Gasteiger partial charge is 0.261 e. The van der Waals surface area contributed by atoms with Crippen molar-refractivity contribution in [2.24, 2.45) is 5.92 Å². The summed E-state index contributed by atoms with van der Waals surface area (Å²) in [5.41, 5.74) is 1.90. The third kappa shape index (κ3) is 9.56. The second-order valence-electron chi connectivity index (χ2n) is 12.5. The average molecular weight is 666 g/mol. The van der Waals surface area contributed by atoms with E-state index in [2.05, 4.69) is 4.72 Å². The zero-order chi connectivity index (χ0) is 34.1. The first-order valence-electron chi connectivity index (χ1n) is 16.1. The molecular weight excluding hydrogens is 618 g/mol. The van der Waals surface area contributed by atoms with E-state index in [0.29, 0.717) is 30.9 Å². The Labute approximate surface area is 278 Å². The van der Waals surface area contributed by atoms with E-state index in [1.54, 1.807) is 60.2 Å². The number of rotatable bonds is 8. The Balaban J connectivity index is 1.66. The molecule has 1 aliphatic heterocycles. The van der Waals surface area contributed by atoms with Crippen molar-refractivity contribution < 1.29 is 32.6 Å². The first-order chi connectivity index (χ1) is 22.4. The van der Waals surface area contributed by atoms with Gasteiger partial charge in [-0.3, -0.25) is 14.3 Å². The number of nitrogens with one attached hydrogen (secondary N) is 1. The van der Waals surface area contributed by atoms with Gasteiger partial charge in [-0.25, -0.2) is 8.42 Å². The molecule has 3 aromatic rings. The van der Waals surface area contributed by atoms with Gasteiger partial charge in [-0.15, -0.1) is 0 Å². The van der Waals surface area contributed by atoms with Crippen LogP contribution in [0.1, 0.15) is 66.3 Å².